The molecule has 0 spiro atoms. The van der Waals surface area contributed by atoms with E-state index in [2.05, 4.69) is 19.8 Å². The van der Waals surface area contributed by atoms with Crippen molar-refractivity contribution >= 4 is 17.7 Å². The number of carbonyl (C=O) groups is 1. The number of rotatable bonds is 3. The van der Waals surface area contributed by atoms with Gasteiger partial charge in [0.2, 0.25) is 5.95 Å². The number of amides is 1. The topological polar surface area (TPSA) is 52.6 Å². The highest BCUT2D eigenvalue weighted by atomic mass is 19.4. The van der Waals surface area contributed by atoms with E-state index in [9.17, 15) is 18.0 Å². The summed E-state index contributed by atoms with van der Waals surface area (Å²) in [6.07, 6.45) is -0.432. The predicted octanol–water partition coefficient (Wildman–Crippen LogP) is 3.06. The molecule has 0 bridgehead atoms. The number of alkyl halides is 3. The molecular weight excluding hydrogens is 383 g/mol. The van der Waals surface area contributed by atoms with Gasteiger partial charge in [-0.15, -0.1) is 0 Å². The minimum Gasteiger partial charge on any atom is -0.353 e. The Bertz CT molecular complexity index is 874. The van der Waals surface area contributed by atoms with Crippen molar-refractivity contribution in [3.63, 3.8) is 0 Å². The third-order valence-electron chi connectivity index (χ3n) is 5.34. The summed E-state index contributed by atoms with van der Waals surface area (Å²) in [4.78, 5) is 27.5. The summed E-state index contributed by atoms with van der Waals surface area (Å²) in [5.41, 5.74) is -0.746. The molecular formula is C20H22F3N5O. The second kappa shape index (κ2) is 7.88. The summed E-state index contributed by atoms with van der Waals surface area (Å²) < 4.78 is 38.7. The van der Waals surface area contributed by atoms with Crippen molar-refractivity contribution in [3.8, 4) is 0 Å². The molecule has 2 fully saturated rings. The number of hydrogen-bond donors (Lipinski definition) is 0. The van der Waals surface area contributed by atoms with Gasteiger partial charge in [0, 0.05) is 51.0 Å². The lowest BCUT2D eigenvalue weighted by molar-refractivity contribution is -0.137. The van der Waals surface area contributed by atoms with E-state index in [0.717, 1.165) is 49.8 Å². The maximum atomic E-state index is 12.9. The molecule has 2 saturated heterocycles. The molecule has 29 heavy (non-hydrogen) atoms. The molecule has 2 aliphatic rings. The largest absolute Gasteiger partial charge is 0.416 e. The number of nitrogens with zero attached hydrogens (tertiary/aromatic N) is 5. The van der Waals surface area contributed by atoms with Crippen LogP contribution in [0.1, 0.15) is 28.8 Å². The van der Waals surface area contributed by atoms with E-state index in [4.69, 9.17) is 0 Å². The fourth-order valence-corrected chi connectivity index (χ4v) is 3.73. The number of halogens is 3. The molecule has 0 atom stereocenters. The van der Waals surface area contributed by atoms with E-state index in [0.29, 0.717) is 26.2 Å². The molecule has 4 rings (SSSR count). The Balaban J connectivity index is 1.41. The van der Waals surface area contributed by atoms with Crippen LogP contribution in [0.3, 0.4) is 0 Å². The SMILES string of the molecule is O=C(c1cccc(C(F)(F)F)c1)N1CCN(c2ccnc(N3CCCC3)n2)CC1. The van der Waals surface area contributed by atoms with E-state index in [-0.39, 0.29) is 11.5 Å². The zero-order valence-corrected chi connectivity index (χ0v) is 15.9. The zero-order chi connectivity index (χ0) is 20.4. The minimum atomic E-state index is -4.46. The van der Waals surface area contributed by atoms with Gasteiger partial charge in [-0.05, 0) is 37.1 Å². The van der Waals surface area contributed by atoms with E-state index in [1.807, 2.05) is 6.07 Å². The highest BCUT2D eigenvalue weighted by molar-refractivity contribution is 5.94. The fourth-order valence-electron chi connectivity index (χ4n) is 3.73. The van der Waals surface area contributed by atoms with Gasteiger partial charge in [-0.1, -0.05) is 6.07 Å². The Hall–Kier alpha value is -2.84. The van der Waals surface area contributed by atoms with Crippen molar-refractivity contribution in [1.82, 2.24) is 14.9 Å². The number of benzene rings is 1. The van der Waals surface area contributed by atoms with Gasteiger partial charge in [-0.3, -0.25) is 4.79 Å². The van der Waals surface area contributed by atoms with Crippen LogP contribution < -0.4 is 9.80 Å². The molecule has 1 amide bonds. The van der Waals surface area contributed by atoms with E-state index in [1.54, 1.807) is 11.1 Å². The van der Waals surface area contributed by atoms with Crippen LogP contribution in [-0.4, -0.2) is 60.0 Å². The predicted molar refractivity (Wildman–Crippen MR) is 103 cm³/mol. The lowest BCUT2D eigenvalue weighted by Crippen LogP contribution is -2.49. The average molecular weight is 405 g/mol. The minimum absolute atomic E-state index is 0.0617. The van der Waals surface area contributed by atoms with Gasteiger partial charge in [-0.25, -0.2) is 4.98 Å². The van der Waals surface area contributed by atoms with Gasteiger partial charge < -0.3 is 14.7 Å². The smallest absolute Gasteiger partial charge is 0.353 e. The second-order valence-corrected chi connectivity index (χ2v) is 7.27. The van der Waals surface area contributed by atoms with Crippen LogP contribution in [-0.2, 0) is 6.18 Å². The van der Waals surface area contributed by atoms with Gasteiger partial charge in [0.1, 0.15) is 5.82 Å². The van der Waals surface area contributed by atoms with Gasteiger partial charge >= 0.3 is 6.18 Å². The number of anilines is 2. The van der Waals surface area contributed by atoms with Crippen LogP contribution in [0.5, 0.6) is 0 Å². The van der Waals surface area contributed by atoms with Crippen LogP contribution in [0.15, 0.2) is 36.5 Å². The molecule has 0 aliphatic carbocycles. The monoisotopic (exact) mass is 405 g/mol. The Morgan fingerprint density at radius 2 is 1.66 bits per heavy atom. The van der Waals surface area contributed by atoms with Crippen LogP contribution in [0.25, 0.3) is 0 Å². The van der Waals surface area contributed by atoms with Crippen molar-refractivity contribution in [2.75, 3.05) is 49.1 Å². The molecule has 154 valence electrons. The molecule has 2 aromatic rings. The van der Waals surface area contributed by atoms with Gasteiger partial charge in [0.05, 0.1) is 5.56 Å². The van der Waals surface area contributed by atoms with E-state index in [1.165, 1.54) is 12.1 Å². The first-order chi connectivity index (χ1) is 13.9. The number of aromatic nitrogens is 2. The third kappa shape index (κ3) is 4.28. The quantitative estimate of drug-likeness (QED) is 0.786. The Labute approximate surface area is 167 Å². The van der Waals surface area contributed by atoms with Crippen LogP contribution in [0.4, 0.5) is 24.9 Å². The molecule has 1 aromatic carbocycles. The number of carbonyl (C=O) groups excluding carboxylic acids is 1. The van der Waals surface area contributed by atoms with Gasteiger partial charge in [0.25, 0.3) is 5.91 Å². The lowest BCUT2D eigenvalue weighted by atomic mass is 10.1. The highest BCUT2D eigenvalue weighted by Crippen LogP contribution is 2.30. The maximum absolute atomic E-state index is 12.9. The summed E-state index contributed by atoms with van der Waals surface area (Å²) in [7, 11) is 0. The Morgan fingerprint density at radius 3 is 2.34 bits per heavy atom. The second-order valence-electron chi connectivity index (χ2n) is 7.27. The van der Waals surface area contributed by atoms with Gasteiger partial charge in [0.15, 0.2) is 0 Å². The first kappa shape index (κ1) is 19.5. The van der Waals surface area contributed by atoms with Crippen molar-refractivity contribution in [1.29, 1.82) is 0 Å². The molecule has 0 radical (unpaired) electrons. The summed E-state index contributed by atoms with van der Waals surface area (Å²) >= 11 is 0. The standard InChI is InChI=1S/C20H22F3N5O/c21-20(22,23)16-5-3-4-15(14-16)18(29)27-12-10-26(11-13-27)17-6-7-24-19(25-17)28-8-1-2-9-28/h3-7,14H,1-2,8-13H2. The van der Waals surface area contributed by atoms with Crippen LogP contribution in [0, 0.1) is 0 Å². The molecule has 9 heteroatoms. The summed E-state index contributed by atoms with van der Waals surface area (Å²) in [5.74, 6) is 1.16. The van der Waals surface area contributed by atoms with Crippen LogP contribution in [0.2, 0.25) is 0 Å². The molecule has 0 unspecified atom stereocenters. The van der Waals surface area contributed by atoms with Crippen molar-refractivity contribution in [2.24, 2.45) is 0 Å². The number of hydrogen-bond acceptors (Lipinski definition) is 5. The number of piperazine rings is 1. The molecule has 6 nitrogen and oxygen atoms in total. The van der Waals surface area contributed by atoms with E-state index >= 15 is 0 Å². The highest BCUT2D eigenvalue weighted by Gasteiger charge is 2.32. The van der Waals surface area contributed by atoms with Crippen molar-refractivity contribution in [2.45, 2.75) is 19.0 Å². The lowest BCUT2D eigenvalue weighted by Gasteiger charge is -2.35. The molecule has 2 aliphatic heterocycles. The summed E-state index contributed by atoms with van der Waals surface area (Å²) in [5, 5.41) is 0. The normalized spacial score (nSPS) is 17.7. The maximum Gasteiger partial charge on any atom is 0.416 e. The Kier molecular flexibility index (Phi) is 5.29. The molecule has 3 heterocycles. The fraction of sp³-hybridized carbons (Fsp3) is 0.450. The molecule has 1 aromatic heterocycles. The summed E-state index contributed by atoms with van der Waals surface area (Å²) in [6, 6.07) is 6.44. The van der Waals surface area contributed by atoms with E-state index < -0.39 is 11.7 Å². The van der Waals surface area contributed by atoms with Crippen LogP contribution >= 0.6 is 0 Å². The van der Waals surface area contributed by atoms with Gasteiger partial charge in [-0.2, -0.15) is 18.2 Å². The summed E-state index contributed by atoms with van der Waals surface area (Å²) in [6.45, 7) is 3.92. The van der Waals surface area contributed by atoms with Crippen molar-refractivity contribution in [3.05, 3.63) is 47.7 Å². The first-order valence-corrected chi connectivity index (χ1v) is 9.71. The first-order valence-electron chi connectivity index (χ1n) is 9.71. The average Bonchev–Trinajstić information content (AvgIpc) is 3.28. The molecule has 0 N–H and O–H groups in total. The third-order valence-corrected chi connectivity index (χ3v) is 5.34. The Morgan fingerprint density at radius 1 is 0.931 bits per heavy atom. The van der Waals surface area contributed by atoms with Crippen molar-refractivity contribution < 1.29 is 18.0 Å². The zero-order valence-electron chi connectivity index (χ0n) is 15.9. The molecule has 0 saturated carbocycles.